The number of H-pyrrole nitrogens is 1. The van der Waals surface area contributed by atoms with E-state index in [0.29, 0.717) is 11.3 Å². The summed E-state index contributed by atoms with van der Waals surface area (Å²) >= 11 is 0. The molecule has 2 saturated carbocycles. The second-order valence-corrected chi connectivity index (χ2v) is 6.52. The summed E-state index contributed by atoms with van der Waals surface area (Å²) in [5.41, 5.74) is 0.329. The molecule has 0 unspecified atom stereocenters. The van der Waals surface area contributed by atoms with Gasteiger partial charge in [-0.2, -0.15) is 0 Å². The van der Waals surface area contributed by atoms with Crippen molar-refractivity contribution in [3.8, 4) is 0 Å². The molecule has 4 heteroatoms. The molecule has 0 radical (unpaired) electrons. The molecule has 0 aromatic carbocycles. The average molecular weight is 261 g/mol. The molecular weight excluding hydrogens is 238 g/mol. The number of anilines is 1. The molecule has 0 saturated heterocycles. The number of hydrogen-bond acceptors (Lipinski definition) is 3. The molecule has 2 fully saturated rings. The smallest absolute Gasteiger partial charge is 0.252 e. The van der Waals surface area contributed by atoms with E-state index in [4.69, 9.17) is 0 Å². The first kappa shape index (κ1) is 12.7. The van der Waals surface area contributed by atoms with Gasteiger partial charge in [0.15, 0.2) is 0 Å². The number of rotatable bonds is 4. The predicted octanol–water partition coefficient (Wildman–Crippen LogP) is 3.03. The van der Waals surface area contributed by atoms with Crippen LogP contribution < -0.4 is 10.9 Å². The van der Waals surface area contributed by atoms with Crippen molar-refractivity contribution in [2.45, 2.75) is 57.8 Å². The molecule has 3 rings (SSSR count). The lowest BCUT2D eigenvalue weighted by molar-refractivity contribution is 0.233. The van der Waals surface area contributed by atoms with Gasteiger partial charge in [-0.05, 0) is 31.1 Å². The van der Waals surface area contributed by atoms with Crippen LogP contribution in [-0.4, -0.2) is 16.5 Å². The molecule has 104 valence electrons. The second-order valence-electron chi connectivity index (χ2n) is 6.52. The predicted molar refractivity (Wildman–Crippen MR) is 76.5 cm³/mol. The Morgan fingerprint density at radius 1 is 1.37 bits per heavy atom. The first-order valence-electron chi connectivity index (χ1n) is 7.50. The Morgan fingerprint density at radius 3 is 2.79 bits per heavy atom. The monoisotopic (exact) mass is 261 g/mol. The Balaban J connectivity index is 1.67. The van der Waals surface area contributed by atoms with Crippen LogP contribution in [-0.2, 0) is 0 Å². The summed E-state index contributed by atoms with van der Waals surface area (Å²) in [6.07, 6.45) is 8.89. The first-order chi connectivity index (χ1) is 9.15. The summed E-state index contributed by atoms with van der Waals surface area (Å²) in [6, 6.07) is 1.58. The van der Waals surface area contributed by atoms with Crippen molar-refractivity contribution in [1.82, 2.24) is 9.97 Å². The molecule has 2 aliphatic carbocycles. The third kappa shape index (κ3) is 3.17. The van der Waals surface area contributed by atoms with E-state index in [-0.39, 0.29) is 5.56 Å². The van der Waals surface area contributed by atoms with Crippen LogP contribution in [0.5, 0.6) is 0 Å². The van der Waals surface area contributed by atoms with E-state index < -0.39 is 0 Å². The maximum Gasteiger partial charge on any atom is 0.252 e. The topological polar surface area (TPSA) is 57.8 Å². The molecule has 2 N–H and O–H groups in total. The Hall–Kier alpha value is -1.32. The lowest BCUT2D eigenvalue weighted by atomic mass is 9.76. The maximum absolute atomic E-state index is 11.6. The van der Waals surface area contributed by atoms with Gasteiger partial charge < -0.3 is 10.3 Å². The van der Waals surface area contributed by atoms with E-state index in [1.54, 1.807) is 6.07 Å². The summed E-state index contributed by atoms with van der Waals surface area (Å²) in [5, 5.41) is 3.39. The minimum atomic E-state index is -0.0341. The van der Waals surface area contributed by atoms with Crippen LogP contribution in [0.1, 0.15) is 63.6 Å². The number of aromatic nitrogens is 2. The van der Waals surface area contributed by atoms with E-state index in [1.807, 2.05) is 0 Å². The lowest BCUT2D eigenvalue weighted by Gasteiger charge is -2.33. The van der Waals surface area contributed by atoms with Crippen molar-refractivity contribution in [3.63, 3.8) is 0 Å². The van der Waals surface area contributed by atoms with Gasteiger partial charge >= 0.3 is 0 Å². The molecule has 0 aliphatic heterocycles. The van der Waals surface area contributed by atoms with E-state index >= 15 is 0 Å². The van der Waals surface area contributed by atoms with Gasteiger partial charge in [0.25, 0.3) is 5.56 Å². The zero-order valence-electron chi connectivity index (χ0n) is 11.7. The molecule has 0 bridgehead atoms. The first-order valence-corrected chi connectivity index (χ1v) is 7.50. The fourth-order valence-corrected chi connectivity index (χ4v) is 3.00. The third-order valence-electron chi connectivity index (χ3n) is 4.48. The van der Waals surface area contributed by atoms with Gasteiger partial charge in [0.05, 0.1) is 0 Å². The highest BCUT2D eigenvalue weighted by molar-refractivity contribution is 5.34. The maximum atomic E-state index is 11.6. The zero-order chi connectivity index (χ0) is 13.3. The molecule has 19 heavy (non-hydrogen) atoms. The van der Waals surface area contributed by atoms with Crippen molar-refractivity contribution < 1.29 is 0 Å². The van der Waals surface area contributed by atoms with Crippen LogP contribution in [0.4, 0.5) is 5.82 Å². The summed E-state index contributed by atoms with van der Waals surface area (Å²) in [6.45, 7) is 3.27. The largest absolute Gasteiger partial charge is 0.369 e. The molecular formula is C15H23N3O. The SMILES string of the molecule is CC1(CNc2cc(=O)[nH]c(C3CC3)n2)CCCCC1. The highest BCUT2D eigenvalue weighted by Gasteiger charge is 2.28. The van der Waals surface area contributed by atoms with Crippen molar-refractivity contribution in [2.75, 3.05) is 11.9 Å². The van der Waals surface area contributed by atoms with Gasteiger partial charge in [-0.3, -0.25) is 4.79 Å². The Morgan fingerprint density at radius 2 is 2.11 bits per heavy atom. The minimum absolute atomic E-state index is 0.0341. The summed E-state index contributed by atoms with van der Waals surface area (Å²) in [4.78, 5) is 19.0. The number of nitrogens with zero attached hydrogens (tertiary/aromatic N) is 1. The standard InChI is InChI=1S/C15H23N3O/c1-15(7-3-2-4-8-15)10-16-12-9-13(19)18-14(17-12)11-5-6-11/h9,11H,2-8,10H2,1H3,(H2,16,17,18,19). The Bertz CT molecular complexity index is 498. The van der Waals surface area contributed by atoms with Gasteiger partial charge in [0, 0.05) is 18.5 Å². The van der Waals surface area contributed by atoms with Gasteiger partial charge in [-0.15, -0.1) is 0 Å². The van der Waals surface area contributed by atoms with Crippen LogP contribution in [0.25, 0.3) is 0 Å². The van der Waals surface area contributed by atoms with Crippen LogP contribution >= 0.6 is 0 Å². The van der Waals surface area contributed by atoms with Crippen LogP contribution in [0, 0.1) is 5.41 Å². The van der Waals surface area contributed by atoms with E-state index in [2.05, 4.69) is 22.2 Å². The van der Waals surface area contributed by atoms with Crippen molar-refractivity contribution in [3.05, 3.63) is 22.2 Å². The van der Waals surface area contributed by atoms with E-state index in [0.717, 1.165) is 31.0 Å². The molecule has 0 spiro atoms. The van der Waals surface area contributed by atoms with E-state index in [1.165, 1.54) is 32.1 Å². The normalized spacial score (nSPS) is 22.2. The van der Waals surface area contributed by atoms with Crippen molar-refractivity contribution in [2.24, 2.45) is 5.41 Å². The molecule has 0 amide bonds. The molecule has 2 aliphatic rings. The minimum Gasteiger partial charge on any atom is -0.369 e. The molecule has 1 heterocycles. The molecule has 1 aromatic rings. The quantitative estimate of drug-likeness (QED) is 0.876. The van der Waals surface area contributed by atoms with Gasteiger partial charge in [0.2, 0.25) is 0 Å². The lowest BCUT2D eigenvalue weighted by Crippen LogP contribution is -2.29. The summed E-state index contributed by atoms with van der Waals surface area (Å²) < 4.78 is 0. The molecule has 0 atom stereocenters. The number of nitrogens with one attached hydrogen (secondary N) is 2. The highest BCUT2D eigenvalue weighted by atomic mass is 16.1. The molecule has 4 nitrogen and oxygen atoms in total. The summed E-state index contributed by atoms with van der Waals surface area (Å²) in [7, 11) is 0. The third-order valence-corrected chi connectivity index (χ3v) is 4.48. The fraction of sp³-hybridized carbons (Fsp3) is 0.733. The van der Waals surface area contributed by atoms with Crippen molar-refractivity contribution >= 4 is 5.82 Å². The fourth-order valence-electron chi connectivity index (χ4n) is 3.00. The van der Waals surface area contributed by atoms with Gasteiger partial charge in [0.1, 0.15) is 11.6 Å². The molecule has 1 aromatic heterocycles. The zero-order valence-corrected chi connectivity index (χ0v) is 11.7. The highest BCUT2D eigenvalue weighted by Crippen LogP contribution is 2.38. The second kappa shape index (κ2) is 4.99. The Labute approximate surface area is 114 Å². The van der Waals surface area contributed by atoms with Crippen molar-refractivity contribution in [1.29, 1.82) is 0 Å². The number of hydrogen-bond donors (Lipinski definition) is 2. The van der Waals surface area contributed by atoms with Crippen LogP contribution in [0.15, 0.2) is 10.9 Å². The van der Waals surface area contributed by atoms with E-state index in [9.17, 15) is 4.79 Å². The van der Waals surface area contributed by atoms with Crippen LogP contribution in [0.2, 0.25) is 0 Å². The average Bonchev–Trinajstić information content (AvgIpc) is 3.21. The Kier molecular flexibility index (Phi) is 3.33. The van der Waals surface area contributed by atoms with Crippen LogP contribution in [0.3, 0.4) is 0 Å². The van der Waals surface area contributed by atoms with Gasteiger partial charge in [-0.25, -0.2) is 4.98 Å². The summed E-state index contributed by atoms with van der Waals surface area (Å²) in [5.74, 6) is 2.10. The van der Waals surface area contributed by atoms with Gasteiger partial charge in [-0.1, -0.05) is 26.2 Å². The number of aromatic amines is 1.